The van der Waals surface area contributed by atoms with Crippen LogP contribution in [-0.4, -0.2) is 59.3 Å². The number of rotatable bonds is 4. The first kappa shape index (κ1) is 15.6. The number of hydrogen-bond donors (Lipinski definition) is 4. The van der Waals surface area contributed by atoms with Crippen molar-refractivity contribution in [1.29, 1.82) is 0 Å². The normalized spacial score (nSPS) is 28.4. The minimum Gasteiger partial charge on any atom is -0.504 e. The van der Waals surface area contributed by atoms with Crippen LogP contribution in [0.4, 0.5) is 0 Å². The van der Waals surface area contributed by atoms with E-state index in [0.717, 1.165) is 0 Å². The van der Waals surface area contributed by atoms with Crippen molar-refractivity contribution in [3.05, 3.63) is 23.8 Å². The number of aliphatic hydroxyl groups is 2. The van der Waals surface area contributed by atoms with E-state index < -0.39 is 30.3 Å². The third-order valence-corrected chi connectivity index (χ3v) is 3.56. The topological polar surface area (TPSA) is 108 Å². The van der Waals surface area contributed by atoms with Crippen molar-refractivity contribution in [3.63, 3.8) is 0 Å². The van der Waals surface area contributed by atoms with E-state index in [0.29, 0.717) is 0 Å². The lowest BCUT2D eigenvalue weighted by Crippen LogP contribution is -2.47. The van der Waals surface area contributed by atoms with Crippen molar-refractivity contribution in [2.24, 2.45) is 0 Å². The van der Waals surface area contributed by atoms with Crippen molar-refractivity contribution in [3.8, 4) is 11.5 Å². The van der Waals surface area contributed by atoms with E-state index in [1.54, 1.807) is 6.92 Å². The Kier molecular flexibility index (Phi) is 4.66. The summed E-state index contributed by atoms with van der Waals surface area (Å²) < 4.78 is 10.3. The van der Waals surface area contributed by atoms with Crippen LogP contribution in [0.25, 0.3) is 0 Å². The highest BCUT2D eigenvalue weighted by Gasteiger charge is 2.41. The zero-order valence-corrected chi connectivity index (χ0v) is 11.8. The number of nitrogens with one attached hydrogen (secondary N) is 1. The van der Waals surface area contributed by atoms with E-state index in [1.807, 2.05) is 0 Å². The molecule has 2 rings (SSSR count). The number of carbonyl (C=O) groups is 1. The molecule has 1 aliphatic rings. The molecular formula is C14H19NO6. The Bertz CT molecular complexity index is 520. The second-order valence-corrected chi connectivity index (χ2v) is 4.94. The van der Waals surface area contributed by atoms with Crippen LogP contribution in [0.2, 0.25) is 0 Å². The largest absolute Gasteiger partial charge is 0.504 e. The van der Waals surface area contributed by atoms with Gasteiger partial charge in [-0.05, 0) is 25.1 Å². The molecule has 0 radical (unpaired) electrons. The first-order valence-electron chi connectivity index (χ1n) is 6.60. The third kappa shape index (κ3) is 3.10. The molecule has 7 nitrogen and oxygen atoms in total. The molecular weight excluding hydrogens is 278 g/mol. The first-order valence-corrected chi connectivity index (χ1v) is 6.60. The van der Waals surface area contributed by atoms with Crippen LogP contribution >= 0.6 is 0 Å². The predicted octanol–water partition coefficient (Wildman–Crippen LogP) is -0.360. The Balaban J connectivity index is 2.11. The molecule has 1 unspecified atom stereocenters. The summed E-state index contributed by atoms with van der Waals surface area (Å²) in [6.45, 7) is 1.39. The lowest BCUT2D eigenvalue weighted by atomic mass is 10.0. The SMILES string of the molecule is COc1cc(C(=O)NC2[C@H](C)O[C@H](CO)[C@@H]2O)ccc1O. The molecule has 0 aromatic heterocycles. The zero-order valence-electron chi connectivity index (χ0n) is 11.8. The van der Waals surface area contributed by atoms with Gasteiger partial charge in [0.1, 0.15) is 12.2 Å². The van der Waals surface area contributed by atoms with Crippen LogP contribution in [0.1, 0.15) is 17.3 Å². The van der Waals surface area contributed by atoms with E-state index in [4.69, 9.17) is 14.6 Å². The van der Waals surface area contributed by atoms with Gasteiger partial charge in [0.05, 0.1) is 25.9 Å². The molecule has 1 aromatic rings. The van der Waals surface area contributed by atoms with Gasteiger partial charge >= 0.3 is 0 Å². The number of methoxy groups -OCH3 is 1. The quantitative estimate of drug-likeness (QED) is 0.604. The lowest BCUT2D eigenvalue weighted by molar-refractivity contribution is -0.0170. The highest BCUT2D eigenvalue weighted by atomic mass is 16.5. The highest BCUT2D eigenvalue weighted by molar-refractivity contribution is 5.95. The molecule has 1 amide bonds. The maximum atomic E-state index is 12.2. The molecule has 1 aliphatic heterocycles. The summed E-state index contributed by atoms with van der Waals surface area (Å²) in [6.07, 6.45) is -2.10. The van der Waals surface area contributed by atoms with Gasteiger partial charge in [-0.25, -0.2) is 0 Å². The van der Waals surface area contributed by atoms with E-state index in [1.165, 1.54) is 25.3 Å². The second kappa shape index (κ2) is 6.30. The Morgan fingerprint density at radius 2 is 2.19 bits per heavy atom. The van der Waals surface area contributed by atoms with E-state index in [2.05, 4.69) is 5.32 Å². The summed E-state index contributed by atoms with van der Waals surface area (Å²) in [4.78, 5) is 12.2. The van der Waals surface area contributed by atoms with E-state index in [-0.39, 0.29) is 23.7 Å². The molecule has 116 valence electrons. The van der Waals surface area contributed by atoms with Gasteiger partial charge in [0.25, 0.3) is 5.91 Å². The van der Waals surface area contributed by atoms with Gasteiger partial charge in [-0.1, -0.05) is 0 Å². The van der Waals surface area contributed by atoms with Crippen molar-refractivity contribution >= 4 is 5.91 Å². The van der Waals surface area contributed by atoms with Gasteiger partial charge < -0.3 is 30.1 Å². The molecule has 1 fully saturated rings. The van der Waals surface area contributed by atoms with E-state index in [9.17, 15) is 15.0 Å². The number of amides is 1. The van der Waals surface area contributed by atoms with Crippen LogP contribution in [0.3, 0.4) is 0 Å². The molecule has 4 N–H and O–H groups in total. The summed E-state index contributed by atoms with van der Waals surface area (Å²) in [5.41, 5.74) is 0.288. The number of phenols is 1. The Hall–Kier alpha value is -1.83. The number of hydrogen-bond acceptors (Lipinski definition) is 6. The van der Waals surface area contributed by atoms with Crippen molar-refractivity contribution in [1.82, 2.24) is 5.32 Å². The van der Waals surface area contributed by atoms with Gasteiger partial charge in [0, 0.05) is 5.56 Å². The molecule has 4 atom stereocenters. The average Bonchev–Trinajstić information content (AvgIpc) is 2.75. The lowest BCUT2D eigenvalue weighted by Gasteiger charge is -2.19. The third-order valence-electron chi connectivity index (χ3n) is 3.56. The number of ether oxygens (including phenoxy) is 2. The number of benzene rings is 1. The number of aliphatic hydroxyl groups excluding tert-OH is 2. The maximum Gasteiger partial charge on any atom is 0.251 e. The Morgan fingerprint density at radius 3 is 2.76 bits per heavy atom. The Morgan fingerprint density at radius 1 is 1.48 bits per heavy atom. The van der Waals surface area contributed by atoms with Gasteiger partial charge in [0.15, 0.2) is 11.5 Å². The fourth-order valence-electron chi connectivity index (χ4n) is 2.36. The second-order valence-electron chi connectivity index (χ2n) is 4.94. The molecule has 7 heteroatoms. The van der Waals surface area contributed by atoms with Gasteiger partial charge in [-0.15, -0.1) is 0 Å². The minimum absolute atomic E-state index is 0.0630. The van der Waals surface area contributed by atoms with Crippen LogP contribution in [-0.2, 0) is 4.74 Å². The average molecular weight is 297 g/mol. The molecule has 1 heterocycles. The summed E-state index contributed by atoms with van der Waals surface area (Å²) in [5, 5.41) is 31.3. The molecule has 0 spiro atoms. The standard InChI is InChI=1S/C14H19NO6/c1-7-12(13(18)11(6-16)21-7)15-14(19)8-3-4-9(17)10(5-8)20-2/h3-5,7,11-13,16-18H,6H2,1-2H3,(H,15,19)/t7-,11+,12?,13-/m0/s1. The Labute approximate surface area is 122 Å². The van der Waals surface area contributed by atoms with Gasteiger partial charge in [-0.2, -0.15) is 0 Å². The predicted molar refractivity (Wildman–Crippen MR) is 73.3 cm³/mol. The molecule has 0 bridgehead atoms. The molecule has 21 heavy (non-hydrogen) atoms. The van der Waals surface area contributed by atoms with Crippen LogP contribution in [0, 0.1) is 0 Å². The van der Waals surface area contributed by atoms with Gasteiger partial charge in [0.2, 0.25) is 0 Å². The van der Waals surface area contributed by atoms with Crippen molar-refractivity contribution < 1.29 is 29.6 Å². The van der Waals surface area contributed by atoms with Crippen molar-refractivity contribution in [2.75, 3.05) is 13.7 Å². The molecule has 0 saturated carbocycles. The monoisotopic (exact) mass is 297 g/mol. The van der Waals surface area contributed by atoms with Crippen molar-refractivity contribution in [2.45, 2.75) is 31.3 Å². The number of phenolic OH excluding ortho intramolecular Hbond substituents is 1. The summed E-state index contributed by atoms with van der Waals surface area (Å²) in [5.74, 6) is -0.300. The molecule has 0 aliphatic carbocycles. The highest BCUT2D eigenvalue weighted by Crippen LogP contribution is 2.27. The fraction of sp³-hybridized carbons (Fsp3) is 0.500. The molecule has 1 saturated heterocycles. The fourth-order valence-corrected chi connectivity index (χ4v) is 2.36. The maximum absolute atomic E-state index is 12.2. The molecule has 1 aromatic carbocycles. The van der Waals surface area contributed by atoms with E-state index >= 15 is 0 Å². The van der Waals surface area contributed by atoms with Gasteiger partial charge in [-0.3, -0.25) is 4.79 Å². The summed E-state index contributed by atoms with van der Waals surface area (Å²) in [7, 11) is 1.39. The van der Waals surface area contributed by atoms with Crippen LogP contribution < -0.4 is 10.1 Å². The zero-order chi connectivity index (χ0) is 15.6. The number of carbonyl (C=O) groups excluding carboxylic acids is 1. The van der Waals surface area contributed by atoms with Crippen LogP contribution in [0.5, 0.6) is 11.5 Å². The summed E-state index contributed by atoms with van der Waals surface area (Å²) >= 11 is 0. The smallest absolute Gasteiger partial charge is 0.251 e. The van der Waals surface area contributed by atoms with Crippen LogP contribution in [0.15, 0.2) is 18.2 Å². The first-order chi connectivity index (χ1) is 9.97. The summed E-state index contributed by atoms with van der Waals surface area (Å²) in [6, 6.07) is 3.59. The minimum atomic E-state index is -0.979. The number of aromatic hydroxyl groups is 1.